The molecule has 0 bridgehead atoms. The van der Waals surface area contributed by atoms with Crippen molar-refractivity contribution in [3.05, 3.63) is 0 Å². The number of hydrogen-bond donors (Lipinski definition) is 2. The molecule has 0 aromatic carbocycles. The molecule has 0 radical (unpaired) electrons. The number of ether oxygens (including phenoxy) is 1. The van der Waals surface area contributed by atoms with E-state index in [1.807, 2.05) is 0 Å². The van der Waals surface area contributed by atoms with E-state index in [9.17, 15) is 5.11 Å². The Hall–Kier alpha value is -0.120. The smallest absolute Gasteiger partial charge is 0.0621 e. The molecule has 1 aliphatic rings. The number of aliphatic hydroxyl groups is 1. The highest BCUT2D eigenvalue weighted by Gasteiger charge is 2.46. The second kappa shape index (κ2) is 5.99. The van der Waals surface area contributed by atoms with E-state index in [-0.39, 0.29) is 11.5 Å². The fraction of sp³-hybridized carbons (Fsp3) is 1.00. The third-order valence-corrected chi connectivity index (χ3v) is 3.69. The van der Waals surface area contributed by atoms with Gasteiger partial charge in [-0.25, -0.2) is 0 Å². The minimum Gasteiger partial charge on any atom is -0.392 e. The fourth-order valence-corrected chi connectivity index (χ4v) is 1.98. The Kier molecular flexibility index (Phi) is 5.22. The van der Waals surface area contributed by atoms with Crippen molar-refractivity contribution in [2.24, 2.45) is 11.3 Å². The lowest BCUT2D eigenvalue weighted by Crippen LogP contribution is -2.60. The first kappa shape index (κ1) is 13.9. The predicted octanol–water partition coefficient (Wildman–Crippen LogP) is 1.80. The third-order valence-electron chi connectivity index (χ3n) is 3.69. The summed E-state index contributed by atoms with van der Waals surface area (Å²) in [6.45, 7) is 11.2. The van der Waals surface area contributed by atoms with Gasteiger partial charge in [0.15, 0.2) is 0 Å². The lowest BCUT2D eigenvalue weighted by atomic mass is 9.64. The van der Waals surface area contributed by atoms with Crippen LogP contribution in [0.15, 0.2) is 0 Å². The minimum absolute atomic E-state index is 0.0257. The van der Waals surface area contributed by atoms with Crippen molar-refractivity contribution in [3.8, 4) is 0 Å². The van der Waals surface area contributed by atoms with Crippen molar-refractivity contribution < 1.29 is 9.84 Å². The molecule has 96 valence electrons. The molecule has 1 rings (SSSR count). The molecule has 2 N–H and O–H groups in total. The van der Waals surface area contributed by atoms with Crippen LogP contribution in [-0.4, -0.2) is 37.0 Å². The summed E-state index contributed by atoms with van der Waals surface area (Å²) >= 11 is 0. The van der Waals surface area contributed by atoms with Crippen LogP contribution in [-0.2, 0) is 4.74 Å². The first-order chi connectivity index (χ1) is 7.44. The van der Waals surface area contributed by atoms with Gasteiger partial charge >= 0.3 is 0 Å². The maximum atomic E-state index is 9.58. The van der Waals surface area contributed by atoms with E-state index in [4.69, 9.17) is 4.74 Å². The van der Waals surface area contributed by atoms with Gasteiger partial charge in [0.05, 0.1) is 12.7 Å². The van der Waals surface area contributed by atoms with E-state index < -0.39 is 0 Å². The Balaban J connectivity index is 1.96. The summed E-state index contributed by atoms with van der Waals surface area (Å²) in [5.74, 6) is 0.716. The number of nitrogens with one attached hydrogen (secondary N) is 1. The molecule has 3 heteroatoms. The van der Waals surface area contributed by atoms with Crippen LogP contribution in [0.25, 0.3) is 0 Å². The zero-order valence-electron chi connectivity index (χ0n) is 11.1. The summed E-state index contributed by atoms with van der Waals surface area (Å²) in [7, 11) is 0. The molecular formula is C13H27NO2. The van der Waals surface area contributed by atoms with E-state index in [0.717, 1.165) is 32.6 Å². The zero-order valence-corrected chi connectivity index (χ0v) is 11.1. The standard InChI is InChI=1S/C13H27NO2/c1-10(2)5-7-16-8-6-14-11-9-12(15)13(11,3)4/h10-12,14-15H,5-9H2,1-4H3. The normalized spacial score (nSPS) is 28.1. The van der Waals surface area contributed by atoms with Crippen LogP contribution in [0, 0.1) is 11.3 Å². The van der Waals surface area contributed by atoms with Gasteiger partial charge in [-0.1, -0.05) is 27.7 Å². The highest BCUT2D eigenvalue weighted by molar-refractivity contribution is 5.01. The van der Waals surface area contributed by atoms with Crippen molar-refractivity contribution in [3.63, 3.8) is 0 Å². The average molecular weight is 229 g/mol. The van der Waals surface area contributed by atoms with Crippen LogP contribution in [0.4, 0.5) is 0 Å². The molecule has 2 atom stereocenters. The molecule has 1 fully saturated rings. The largest absolute Gasteiger partial charge is 0.392 e. The van der Waals surface area contributed by atoms with Crippen LogP contribution in [0.5, 0.6) is 0 Å². The van der Waals surface area contributed by atoms with Gasteiger partial charge in [-0.3, -0.25) is 0 Å². The average Bonchev–Trinajstić information content (AvgIpc) is 2.21. The molecule has 3 nitrogen and oxygen atoms in total. The molecule has 0 amide bonds. The van der Waals surface area contributed by atoms with E-state index in [1.54, 1.807) is 0 Å². The Morgan fingerprint density at radius 1 is 1.38 bits per heavy atom. The number of rotatable bonds is 7. The lowest BCUT2D eigenvalue weighted by Gasteiger charge is -2.49. The minimum atomic E-state index is -0.146. The summed E-state index contributed by atoms with van der Waals surface area (Å²) < 4.78 is 5.53. The van der Waals surface area contributed by atoms with Crippen LogP contribution in [0.3, 0.4) is 0 Å². The van der Waals surface area contributed by atoms with E-state index in [2.05, 4.69) is 33.0 Å². The van der Waals surface area contributed by atoms with Gasteiger partial charge in [-0.2, -0.15) is 0 Å². The van der Waals surface area contributed by atoms with Crippen LogP contribution >= 0.6 is 0 Å². The van der Waals surface area contributed by atoms with Crippen LogP contribution in [0.1, 0.15) is 40.5 Å². The molecule has 0 spiro atoms. The zero-order chi connectivity index (χ0) is 12.2. The molecule has 2 unspecified atom stereocenters. The summed E-state index contributed by atoms with van der Waals surface area (Å²) in [5, 5.41) is 13.0. The van der Waals surface area contributed by atoms with Gasteiger partial charge in [0.25, 0.3) is 0 Å². The fourth-order valence-electron chi connectivity index (χ4n) is 1.98. The molecule has 0 aromatic rings. The van der Waals surface area contributed by atoms with Gasteiger partial charge in [0.2, 0.25) is 0 Å². The predicted molar refractivity (Wildman–Crippen MR) is 66.5 cm³/mol. The van der Waals surface area contributed by atoms with Crippen molar-refractivity contribution in [2.45, 2.75) is 52.7 Å². The molecule has 1 saturated carbocycles. The third kappa shape index (κ3) is 3.72. The van der Waals surface area contributed by atoms with Gasteiger partial charge < -0.3 is 15.2 Å². The first-order valence-corrected chi connectivity index (χ1v) is 6.43. The summed E-state index contributed by atoms with van der Waals surface area (Å²) in [6.07, 6.45) is 1.86. The van der Waals surface area contributed by atoms with E-state index in [1.165, 1.54) is 0 Å². The molecule has 16 heavy (non-hydrogen) atoms. The summed E-state index contributed by atoms with van der Waals surface area (Å²) in [5.41, 5.74) is 0.0257. The van der Waals surface area contributed by atoms with Gasteiger partial charge in [-0.05, 0) is 18.8 Å². The number of hydrogen-bond acceptors (Lipinski definition) is 3. The Morgan fingerprint density at radius 2 is 2.06 bits per heavy atom. The molecular weight excluding hydrogens is 202 g/mol. The maximum absolute atomic E-state index is 9.58. The van der Waals surface area contributed by atoms with E-state index >= 15 is 0 Å². The Morgan fingerprint density at radius 3 is 2.56 bits per heavy atom. The highest BCUT2D eigenvalue weighted by atomic mass is 16.5. The van der Waals surface area contributed by atoms with Crippen molar-refractivity contribution in [1.82, 2.24) is 5.32 Å². The first-order valence-electron chi connectivity index (χ1n) is 6.43. The summed E-state index contributed by atoms with van der Waals surface area (Å²) in [6, 6.07) is 0.441. The van der Waals surface area contributed by atoms with Crippen LogP contribution in [0.2, 0.25) is 0 Å². The molecule has 0 aliphatic heterocycles. The topological polar surface area (TPSA) is 41.5 Å². The van der Waals surface area contributed by atoms with Crippen molar-refractivity contribution in [2.75, 3.05) is 19.8 Å². The van der Waals surface area contributed by atoms with Crippen molar-refractivity contribution in [1.29, 1.82) is 0 Å². The second-order valence-corrected chi connectivity index (χ2v) is 5.87. The van der Waals surface area contributed by atoms with Crippen LogP contribution < -0.4 is 5.32 Å². The summed E-state index contributed by atoms with van der Waals surface area (Å²) in [4.78, 5) is 0. The lowest BCUT2D eigenvalue weighted by molar-refractivity contribution is -0.0737. The number of aliphatic hydroxyl groups excluding tert-OH is 1. The van der Waals surface area contributed by atoms with E-state index in [0.29, 0.717) is 12.0 Å². The SMILES string of the molecule is CC(C)CCOCCNC1CC(O)C1(C)C. The monoisotopic (exact) mass is 229 g/mol. The molecule has 0 saturated heterocycles. The van der Waals surface area contributed by atoms with Gasteiger partial charge in [-0.15, -0.1) is 0 Å². The molecule has 1 aliphatic carbocycles. The van der Waals surface area contributed by atoms with Gasteiger partial charge in [0.1, 0.15) is 0 Å². The maximum Gasteiger partial charge on any atom is 0.0621 e. The van der Waals surface area contributed by atoms with Crippen molar-refractivity contribution >= 4 is 0 Å². The molecule has 0 aromatic heterocycles. The Labute approximate surface area is 99.6 Å². The molecule has 0 heterocycles. The van der Waals surface area contributed by atoms with Gasteiger partial charge in [0, 0.05) is 24.6 Å². The quantitative estimate of drug-likeness (QED) is 0.654. The Bertz CT molecular complexity index is 204. The highest BCUT2D eigenvalue weighted by Crippen LogP contribution is 2.40. The second-order valence-electron chi connectivity index (χ2n) is 5.87.